The van der Waals surface area contributed by atoms with Gasteiger partial charge in [-0.1, -0.05) is 12.1 Å². The molecule has 152 valence electrons. The SMILES string of the molecule is COc1ccc(CN=C(N)NCCC(=O)Nc2cccc(C)n2)cc1OC.I. The molecule has 9 heteroatoms. The minimum Gasteiger partial charge on any atom is -0.493 e. The van der Waals surface area contributed by atoms with Gasteiger partial charge in [0.05, 0.1) is 20.8 Å². The summed E-state index contributed by atoms with van der Waals surface area (Å²) in [5.41, 5.74) is 7.62. The smallest absolute Gasteiger partial charge is 0.227 e. The van der Waals surface area contributed by atoms with Crippen LogP contribution in [0.1, 0.15) is 17.7 Å². The number of aliphatic imine (C=N–C) groups is 1. The van der Waals surface area contributed by atoms with Gasteiger partial charge in [0.2, 0.25) is 5.91 Å². The molecule has 1 aromatic heterocycles. The molecule has 0 fully saturated rings. The van der Waals surface area contributed by atoms with Crippen molar-refractivity contribution in [2.45, 2.75) is 19.9 Å². The summed E-state index contributed by atoms with van der Waals surface area (Å²) in [6.45, 7) is 2.63. The van der Waals surface area contributed by atoms with Gasteiger partial charge in [-0.3, -0.25) is 4.79 Å². The third-order valence-electron chi connectivity index (χ3n) is 3.69. The van der Waals surface area contributed by atoms with Gasteiger partial charge in [0.25, 0.3) is 0 Å². The van der Waals surface area contributed by atoms with E-state index in [1.54, 1.807) is 20.3 Å². The minimum atomic E-state index is -0.145. The van der Waals surface area contributed by atoms with E-state index < -0.39 is 0 Å². The topological polar surface area (TPSA) is 111 Å². The number of nitrogens with zero attached hydrogens (tertiary/aromatic N) is 2. The maximum absolute atomic E-state index is 11.9. The number of nitrogens with two attached hydrogens (primary N) is 1. The monoisotopic (exact) mass is 499 g/mol. The molecule has 4 N–H and O–H groups in total. The number of aryl methyl sites for hydroxylation is 1. The van der Waals surface area contributed by atoms with Gasteiger partial charge < -0.3 is 25.8 Å². The molecular formula is C19H26IN5O3. The van der Waals surface area contributed by atoms with Crippen molar-refractivity contribution < 1.29 is 14.3 Å². The van der Waals surface area contributed by atoms with Crippen molar-refractivity contribution in [3.05, 3.63) is 47.7 Å². The van der Waals surface area contributed by atoms with E-state index in [0.717, 1.165) is 11.3 Å². The quantitative estimate of drug-likeness (QED) is 0.293. The fourth-order valence-corrected chi connectivity index (χ4v) is 2.33. The van der Waals surface area contributed by atoms with Crippen molar-refractivity contribution in [2.75, 3.05) is 26.1 Å². The Morgan fingerprint density at radius 3 is 2.61 bits per heavy atom. The Bertz CT molecular complexity index is 814. The lowest BCUT2D eigenvalue weighted by Crippen LogP contribution is -2.34. The van der Waals surface area contributed by atoms with Crippen LogP contribution in [0.25, 0.3) is 0 Å². The van der Waals surface area contributed by atoms with Gasteiger partial charge in [-0.05, 0) is 36.8 Å². The van der Waals surface area contributed by atoms with Gasteiger partial charge in [0.15, 0.2) is 17.5 Å². The molecule has 8 nitrogen and oxygen atoms in total. The fraction of sp³-hybridized carbons (Fsp3) is 0.316. The molecule has 0 unspecified atom stereocenters. The van der Waals surface area contributed by atoms with E-state index in [0.29, 0.717) is 30.4 Å². The number of amides is 1. The molecule has 1 amide bonds. The van der Waals surface area contributed by atoms with Crippen molar-refractivity contribution in [3.8, 4) is 11.5 Å². The summed E-state index contributed by atoms with van der Waals surface area (Å²) < 4.78 is 10.5. The van der Waals surface area contributed by atoms with E-state index in [2.05, 4.69) is 20.6 Å². The first-order valence-corrected chi connectivity index (χ1v) is 8.50. The van der Waals surface area contributed by atoms with Crippen molar-refractivity contribution in [1.29, 1.82) is 0 Å². The highest BCUT2D eigenvalue weighted by atomic mass is 127. The van der Waals surface area contributed by atoms with E-state index in [1.165, 1.54) is 0 Å². The zero-order valence-electron chi connectivity index (χ0n) is 16.2. The third-order valence-corrected chi connectivity index (χ3v) is 3.69. The number of rotatable bonds is 8. The first-order chi connectivity index (χ1) is 13.0. The summed E-state index contributed by atoms with van der Waals surface area (Å²) >= 11 is 0. The number of ether oxygens (including phenoxy) is 2. The molecule has 0 aliphatic heterocycles. The normalized spacial score (nSPS) is 10.6. The van der Waals surface area contributed by atoms with Crippen LogP contribution in [-0.4, -0.2) is 37.6 Å². The number of benzene rings is 1. The molecule has 0 aliphatic rings. The summed E-state index contributed by atoms with van der Waals surface area (Å²) in [5.74, 6) is 1.96. The molecule has 0 spiro atoms. The lowest BCUT2D eigenvalue weighted by molar-refractivity contribution is -0.116. The lowest BCUT2D eigenvalue weighted by Gasteiger charge is -2.09. The summed E-state index contributed by atoms with van der Waals surface area (Å²) in [7, 11) is 3.17. The van der Waals surface area contributed by atoms with Crippen molar-refractivity contribution >= 4 is 41.7 Å². The van der Waals surface area contributed by atoms with Crippen LogP contribution in [0.3, 0.4) is 0 Å². The standard InChI is InChI=1S/C19H25N5O3.HI/c1-13-5-4-6-17(23-13)24-18(25)9-10-21-19(20)22-12-14-7-8-15(26-2)16(11-14)27-3;/h4-8,11H,9-10,12H2,1-3H3,(H3,20,21,22)(H,23,24,25);1H. The molecule has 2 rings (SSSR count). The van der Waals surface area contributed by atoms with E-state index in [9.17, 15) is 4.79 Å². The van der Waals surface area contributed by atoms with Crippen LogP contribution in [0.2, 0.25) is 0 Å². The second-order valence-electron chi connectivity index (χ2n) is 5.78. The number of guanidine groups is 1. The maximum atomic E-state index is 11.9. The van der Waals surface area contributed by atoms with Gasteiger partial charge in [-0.2, -0.15) is 0 Å². The van der Waals surface area contributed by atoms with Crippen LogP contribution in [0.4, 0.5) is 5.82 Å². The van der Waals surface area contributed by atoms with Gasteiger partial charge in [-0.25, -0.2) is 9.98 Å². The third kappa shape index (κ3) is 7.59. The van der Waals surface area contributed by atoms with E-state index >= 15 is 0 Å². The van der Waals surface area contributed by atoms with Gasteiger partial charge in [-0.15, -0.1) is 24.0 Å². The molecule has 1 heterocycles. The second-order valence-corrected chi connectivity index (χ2v) is 5.78. The highest BCUT2D eigenvalue weighted by Crippen LogP contribution is 2.27. The number of pyridine rings is 1. The number of aromatic nitrogens is 1. The number of carbonyl (C=O) groups is 1. The number of hydrogen-bond donors (Lipinski definition) is 3. The Labute approximate surface area is 181 Å². The molecular weight excluding hydrogens is 473 g/mol. The molecule has 0 atom stereocenters. The zero-order valence-corrected chi connectivity index (χ0v) is 18.5. The number of halogens is 1. The predicted octanol–water partition coefficient (Wildman–Crippen LogP) is 2.46. The van der Waals surface area contributed by atoms with Crippen molar-refractivity contribution in [2.24, 2.45) is 10.7 Å². The van der Waals surface area contributed by atoms with Crippen LogP contribution in [-0.2, 0) is 11.3 Å². The van der Waals surface area contributed by atoms with Gasteiger partial charge in [0, 0.05) is 18.7 Å². The number of carbonyl (C=O) groups excluding carboxylic acids is 1. The highest BCUT2D eigenvalue weighted by Gasteiger charge is 2.05. The predicted molar refractivity (Wildman–Crippen MR) is 121 cm³/mol. The number of methoxy groups -OCH3 is 2. The van der Waals surface area contributed by atoms with E-state index in [1.807, 2.05) is 37.3 Å². The Morgan fingerprint density at radius 2 is 1.93 bits per heavy atom. The van der Waals surface area contributed by atoms with Crippen LogP contribution >= 0.6 is 24.0 Å². The van der Waals surface area contributed by atoms with Crippen molar-refractivity contribution in [1.82, 2.24) is 10.3 Å². The lowest BCUT2D eigenvalue weighted by atomic mass is 10.2. The van der Waals surface area contributed by atoms with Crippen LogP contribution in [0.15, 0.2) is 41.4 Å². The Hall–Kier alpha value is -2.56. The van der Waals surface area contributed by atoms with Crippen LogP contribution < -0.4 is 25.8 Å². The van der Waals surface area contributed by atoms with Crippen molar-refractivity contribution in [3.63, 3.8) is 0 Å². The molecule has 0 saturated carbocycles. The first kappa shape index (κ1) is 23.5. The molecule has 28 heavy (non-hydrogen) atoms. The minimum absolute atomic E-state index is 0. The average molecular weight is 499 g/mol. The first-order valence-electron chi connectivity index (χ1n) is 8.50. The summed E-state index contributed by atoms with van der Waals surface area (Å²) in [4.78, 5) is 20.4. The van der Waals surface area contributed by atoms with Gasteiger partial charge in [0.1, 0.15) is 5.82 Å². The molecule has 0 radical (unpaired) electrons. The average Bonchev–Trinajstić information content (AvgIpc) is 2.66. The summed E-state index contributed by atoms with van der Waals surface area (Å²) in [6, 6.07) is 11.0. The second kappa shape index (κ2) is 12.0. The molecule has 1 aromatic carbocycles. The molecule has 0 aliphatic carbocycles. The van der Waals surface area contributed by atoms with E-state index in [-0.39, 0.29) is 42.3 Å². The Morgan fingerprint density at radius 1 is 1.18 bits per heavy atom. The van der Waals surface area contributed by atoms with E-state index in [4.69, 9.17) is 15.2 Å². The Kier molecular flexibility index (Phi) is 10.1. The number of anilines is 1. The maximum Gasteiger partial charge on any atom is 0.227 e. The molecule has 0 bridgehead atoms. The van der Waals surface area contributed by atoms with Gasteiger partial charge >= 0.3 is 0 Å². The highest BCUT2D eigenvalue weighted by molar-refractivity contribution is 14.0. The fourth-order valence-electron chi connectivity index (χ4n) is 2.33. The largest absolute Gasteiger partial charge is 0.493 e. The summed E-state index contributed by atoms with van der Waals surface area (Å²) in [6.07, 6.45) is 0.252. The molecule has 0 saturated heterocycles. The zero-order chi connectivity index (χ0) is 19.6. The number of hydrogen-bond acceptors (Lipinski definition) is 5. The number of nitrogens with one attached hydrogen (secondary N) is 2. The molecule has 2 aromatic rings. The van der Waals surface area contributed by atoms with Crippen LogP contribution in [0, 0.1) is 6.92 Å². The van der Waals surface area contributed by atoms with Crippen LogP contribution in [0.5, 0.6) is 11.5 Å². The Balaban J connectivity index is 0.00000392. The summed E-state index contributed by atoms with van der Waals surface area (Å²) in [5, 5.41) is 5.66.